The lowest BCUT2D eigenvalue weighted by Crippen LogP contribution is -2.03. The van der Waals surface area contributed by atoms with E-state index in [4.69, 9.17) is 16.3 Å². The Kier molecular flexibility index (Phi) is 4.61. The SMILES string of the molecule is O=C(OCc1ccccc1Cl)c1cc2c(s1)CCCCC2. The number of ether oxygens (including phenoxy) is 1. The summed E-state index contributed by atoms with van der Waals surface area (Å²) in [6.07, 6.45) is 5.91. The number of hydrogen-bond donors (Lipinski definition) is 0. The van der Waals surface area contributed by atoms with E-state index in [0.29, 0.717) is 9.90 Å². The summed E-state index contributed by atoms with van der Waals surface area (Å²) in [6.45, 7) is 0.223. The van der Waals surface area contributed by atoms with Crippen LogP contribution < -0.4 is 0 Å². The molecule has 0 radical (unpaired) electrons. The highest BCUT2D eigenvalue weighted by atomic mass is 35.5. The molecule has 0 fully saturated rings. The van der Waals surface area contributed by atoms with E-state index in [-0.39, 0.29) is 12.6 Å². The molecule has 0 bridgehead atoms. The van der Waals surface area contributed by atoms with Crippen molar-refractivity contribution in [3.8, 4) is 0 Å². The summed E-state index contributed by atoms with van der Waals surface area (Å²) in [5, 5.41) is 0.632. The van der Waals surface area contributed by atoms with Gasteiger partial charge >= 0.3 is 5.97 Å². The van der Waals surface area contributed by atoms with Crippen molar-refractivity contribution in [2.45, 2.75) is 38.7 Å². The van der Waals surface area contributed by atoms with Crippen molar-refractivity contribution in [3.05, 3.63) is 56.2 Å². The summed E-state index contributed by atoms with van der Waals surface area (Å²) < 4.78 is 5.39. The topological polar surface area (TPSA) is 26.3 Å². The van der Waals surface area contributed by atoms with Crippen molar-refractivity contribution in [2.24, 2.45) is 0 Å². The Labute approximate surface area is 133 Å². The van der Waals surface area contributed by atoms with Gasteiger partial charge in [0.2, 0.25) is 0 Å². The second kappa shape index (κ2) is 6.63. The molecule has 110 valence electrons. The molecule has 1 aliphatic carbocycles. The Hall–Kier alpha value is -1.32. The molecule has 1 aromatic heterocycles. The number of rotatable bonds is 3. The van der Waals surface area contributed by atoms with Gasteiger partial charge in [-0.2, -0.15) is 0 Å². The minimum atomic E-state index is -0.243. The van der Waals surface area contributed by atoms with Crippen LogP contribution in [0, 0.1) is 0 Å². The summed E-state index contributed by atoms with van der Waals surface area (Å²) in [7, 11) is 0. The van der Waals surface area contributed by atoms with Crippen LogP contribution in [0.5, 0.6) is 0 Å². The van der Waals surface area contributed by atoms with Crippen LogP contribution in [-0.2, 0) is 24.2 Å². The number of fused-ring (bicyclic) bond motifs is 1. The third-order valence-corrected chi connectivity index (χ3v) is 5.35. The van der Waals surface area contributed by atoms with Crippen molar-refractivity contribution in [1.29, 1.82) is 0 Å². The van der Waals surface area contributed by atoms with E-state index >= 15 is 0 Å². The molecule has 2 aromatic rings. The number of benzene rings is 1. The summed E-state index contributed by atoms with van der Waals surface area (Å²) in [4.78, 5) is 14.3. The second-order valence-electron chi connectivity index (χ2n) is 5.29. The number of aryl methyl sites for hydroxylation is 2. The summed E-state index contributed by atoms with van der Waals surface area (Å²) in [5.74, 6) is -0.243. The molecule has 0 amide bonds. The number of esters is 1. The summed E-state index contributed by atoms with van der Waals surface area (Å²) in [6, 6.07) is 9.45. The standard InChI is InChI=1S/C17H17ClO2S/c18-14-8-5-4-7-13(14)11-20-17(19)16-10-12-6-2-1-3-9-15(12)21-16/h4-5,7-8,10H,1-3,6,9,11H2. The monoisotopic (exact) mass is 320 g/mol. The van der Waals surface area contributed by atoms with Gasteiger partial charge in [-0.3, -0.25) is 0 Å². The van der Waals surface area contributed by atoms with Crippen LogP contribution in [0.15, 0.2) is 30.3 Å². The van der Waals surface area contributed by atoms with E-state index in [1.807, 2.05) is 24.3 Å². The van der Waals surface area contributed by atoms with Gasteiger partial charge in [-0.05, 0) is 43.4 Å². The summed E-state index contributed by atoms with van der Waals surface area (Å²) >= 11 is 7.65. The van der Waals surface area contributed by atoms with Crippen molar-refractivity contribution < 1.29 is 9.53 Å². The molecular formula is C17H17ClO2S. The van der Waals surface area contributed by atoms with E-state index in [9.17, 15) is 4.79 Å². The summed E-state index contributed by atoms with van der Waals surface area (Å²) in [5.41, 5.74) is 2.17. The maximum absolute atomic E-state index is 12.2. The molecule has 0 atom stereocenters. The van der Waals surface area contributed by atoms with Gasteiger partial charge in [0, 0.05) is 15.5 Å². The average Bonchev–Trinajstić information content (AvgIpc) is 2.77. The van der Waals surface area contributed by atoms with Crippen LogP contribution in [-0.4, -0.2) is 5.97 Å². The zero-order valence-electron chi connectivity index (χ0n) is 11.7. The quantitative estimate of drug-likeness (QED) is 0.586. The highest BCUT2D eigenvalue weighted by Gasteiger charge is 2.17. The van der Waals surface area contributed by atoms with Gasteiger partial charge in [0.05, 0.1) is 0 Å². The van der Waals surface area contributed by atoms with Crippen molar-refractivity contribution in [1.82, 2.24) is 0 Å². The zero-order chi connectivity index (χ0) is 14.7. The lowest BCUT2D eigenvalue weighted by Gasteiger charge is -2.05. The fourth-order valence-corrected chi connectivity index (χ4v) is 3.94. The maximum Gasteiger partial charge on any atom is 0.348 e. The van der Waals surface area contributed by atoms with Crippen LogP contribution in [0.2, 0.25) is 5.02 Å². The third kappa shape index (κ3) is 3.47. The lowest BCUT2D eigenvalue weighted by atomic mass is 10.1. The number of carbonyl (C=O) groups is 1. The highest BCUT2D eigenvalue weighted by Crippen LogP contribution is 2.29. The van der Waals surface area contributed by atoms with Gasteiger partial charge in [0.25, 0.3) is 0 Å². The Morgan fingerprint density at radius 3 is 2.86 bits per heavy atom. The van der Waals surface area contributed by atoms with E-state index in [2.05, 4.69) is 0 Å². The predicted octanol–water partition coefficient (Wildman–Crippen LogP) is 5.03. The molecule has 0 saturated heterocycles. The van der Waals surface area contributed by atoms with Crippen LogP contribution >= 0.6 is 22.9 Å². The van der Waals surface area contributed by atoms with Crippen LogP contribution in [0.3, 0.4) is 0 Å². The van der Waals surface area contributed by atoms with Crippen LogP contribution in [0.4, 0.5) is 0 Å². The molecule has 2 nitrogen and oxygen atoms in total. The van der Waals surface area contributed by atoms with Crippen molar-refractivity contribution in [3.63, 3.8) is 0 Å². The van der Waals surface area contributed by atoms with Crippen molar-refractivity contribution >= 4 is 28.9 Å². The van der Waals surface area contributed by atoms with Crippen molar-refractivity contribution in [2.75, 3.05) is 0 Å². The van der Waals surface area contributed by atoms with E-state index in [1.165, 1.54) is 29.7 Å². The first-order valence-electron chi connectivity index (χ1n) is 7.26. The first-order chi connectivity index (χ1) is 10.2. The first kappa shape index (κ1) is 14.6. The predicted molar refractivity (Wildman–Crippen MR) is 86.1 cm³/mol. The number of halogens is 1. The van der Waals surface area contributed by atoms with E-state index in [1.54, 1.807) is 17.4 Å². The first-order valence-corrected chi connectivity index (χ1v) is 8.45. The molecule has 0 saturated carbocycles. The molecule has 21 heavy (non-hydrogen) atoms. The molecule has 0 spiro atoms. The van der Waals surface area contributed by atoms with Gasteiger partial charge in [-0.15, -0.1) is 11.3 Å². The van der Waals surface area contributed by atoms with Gasteiger partial charge in [-0.1, -0.05) is 36.2 Å². The fourth-order valence-electron chi connectivity index (χ4n) is 2.60. The number of carbonyl (C=O) groups excluding carboxylic acids is 1. The molecule has 1 heterocycles. The third-order valence-electron chi connectivity index (χ3n) is 3.76. The van der Waals surface area contributed by atoms with Gasteiger partial charge < -0.3 is 4.74 Å². The Bertz CT molecular complexity index is 624. The zero-order valence-corrected chi connectivity index (χ0v) is 13.3. The molecule has 1 aliphatic rings. The molecule has 4 heteroatoms. The molecule has 3 rings (SSSR count). The molecule has 0 aliphatic heterocycles. The van der Waals surface area contributed by atoms with Gasteiger partial charge in [0.1, 0.15) is 11.5 Å². The second-order valence-corrected chi connectivity index (χ2v) is 6.83. The van der Waals surface area contributed by atoms with Gasteiger partial charge in [0.15, 0.2) is 0 Å². The van der Waals surface area contributed by atoms with Gasteiger partial charge in [-0.25, -0.2) is 4.79 Å². The lowest BCUT2D eigenvalue weighted by molar-refractivity contribution is 0.0478. The Morgan fingerprint density at radius 2 is 2.00 bits per heavy atom. The average molecular weight is 321 g/mol. The Balaban J connectivity index is 1.67. The number of hydrogen-bond acceptors (Lipinski definition) is 3. The smallest absolute Gasteiger partial charge is 0.348 e. The highest BCUT2D eigenvalue weighted by molar-refractivity contribution is 7.14. The van der Waals surface area contributed by atoms with E-state index in [0.717, 1.165) is 18.4 Å². The number of thiophene rings is 1. The molecule has 0 N–H and O–H groups in total. The van der Waals surface area contributed by atoms with Crippen LogP contribution in [0.25, 0.3) is 0 Å². The maximum atomic E-state index is 12.2. The molecular weight excluding hydrogens is 304 g/mol. The minimum Gasteiger partial charge on any atom is -0.457 e. The normalized spacial score (nSPS) is 14.3. The minimum absolute atomic E-state index is 0.223. The van der Waals surface area contributed by atoms with Crippen LogP contribution in [0.1, 0.15) is 44.9 Å². The largest absolute Gasteiger partial charge is 0.457 e. The van der Waals surface area contributed by atoms with E-state index < -0.39 is 0 Å². The Morgan fingerprint density at radius 1 is 1.19 bits per heavy atom. The molecule has 0 unspecified atom stereocenters. The fraction of sp³-hybridized carbons (Fsp3) is 0.353. The molecule has 1 aromatic carbocycles.